The number of phenols is 1. The van der Waals surface area contributed by atoms with Crippen molar-refractivity contribution in [3.05, 3.63) is 78.1 Å². The average molecular weight is 899 g/mol. The molecule has 4 aromatic carbocycles. The van der Waals surface area contributed by atoms with Crippen molar-refractivity contribution in [2.45, 2.75) is 59.8 Å². The highest BCUT2D eigenvalue weighted by molar-refractivity contribution is 7.89. The molecule has 0 unspecified atom stereocenters. The molecule has 59 heavy (non-hydrogen) atoms. The van der Waals surface area contributed by atoms with Crippen LogP contribution >= 0.6 is 0 Å². The highest BCUT2D eigenvalue weighted by Gasteiger charge is 2.28. The molecular formula is C33H42N10O12S4. The Morgan fingerprint density at radius 2 is 1.41 bits per heavy atom. The first-order valence-corrected chi connectivity index (χ1v) is 22.5. The number of hydrogen-bond donors (Lipinski definition) is 6. The van der Waals surface area contributed by atoms with Gasteiger partial charge in [-0.25, -0.2) is 27.1 Å². The Labute approximate surface area is 340 Å². The van der Waals surface area contributed by atoms with E-state index in [1.54, 1.807) is 19.9 Å². The number of anilines is 2. The zero-order valence-electron chi connectivity index (χ0n) is 31.9. The number of sulfonamides is 2. The fourth-order valence-corrected chi connectivity index (χ4v) is 8.67. The lowest BCUT2D eigenvalue weighted by atomic mass is 10.1. The molecule has 0 bridgehead atoms. The molecule has 0 atom stereocenters. The number of azo groups is 1. The van der Waals surface area contributed by atoms with Crippen molar-refractivity contribution in [2.24, 2.45) is 20.5 Å². The van der Waals surface area contributed by atoms with Crippen LogP contribution in [-0.4, -0.2) is 73.0 Å². The van der Waals surface area contributed by atoms with E-state index in [2.05, 4.69) is 30.5 Å². The first-order valence-electron chi connectivity index (χ1n) is 16.6. The number of aromatic nitrogens is 3. The molecule has 320 valence electrons. The lowest BCUT2D eigenvalue weighted by Gasteiger charge is -2.17. The second-order valence-electron chi connectivity index (χ2n) is 12.1. The van der Waals surface area contributed by atoms with Crippen molar-refractivity contribution in [2.75, 3.05) is 18.5 Å². The van der Waals surface area contributed by atoms with Gasteiger partial charge >= 0.3 is 6.01 Å². The summed E-state index contributed by atoms with van der Waals surface area (Å²) in [5, 5.41) is 32.9. The lowest BCUT2D eigenvalue weighted by Crippen LogP contribution is -2.16. The van der Waals surface area contributed by atoms with Crippen LogP contribution in [-0.2, 0) is 55.1 Å². The maximum absolute atomic E-state index is 13.4. The van der Waals surface area contributed by atoms with Crippen molar-refractivity contribution < 1.29 is 51.9 Å². The Morgan fingerprint density at radius 1 is 0.746 bits per heavy atom. The molecule has 5 aromatic rings. The van der Waals surface area contributed by atoms with Gasteiger partial charge in [0.2, 0.25) is 26.0 Å². The van der Waals surface area contributed by atoms with E-state index in [-0.39, 0.29) is 87.2 Å². The predicted octanol–water partition coefficient (Wildman–Crippen LogP) is 4.34. The van der Waals surface area contributed by atoms with Gasteiger partial charge in [0.1, 0.15) is 16.4 Å². The van der Waals surface area contributed by atoms with Gasteiger partial charge in [-0.2, -0.15) is 36.9 Å². The molecule has 12 N–H and O–H groups in total. The van der Waals surface area contributed by atoms with Crippen LogP contribution < -0.4 is 32.6 Å². The Hall–Kier alpha value is -5.29. The number of primary sulfonamides is 2. The van der Waals surface area contributed by atoms with Crippen LogP contribution in [0.2, 0.25) is 0 Å². The van der Waals surface area contributed by atoms with E-state index in [4.69, 9.17) is 23.4 Å². The first-order chi connectivity index (χ1) is 26.6. The summed E-state index contributed by atoms with van der Waals surface area (Å²) in [6.07, 6.45) is -0.655. The summed E-state index contributed by atoms with van der Waals surface area (Å²) < 4.78 is 118. The minimum Gasteiger partial charge on any atom is -0.505 e. The van der Waals surface area contributed by atoms with Gasteiger partial charge in [0, 0.05) is 11.8 Å². The van der Waals surface area contributed by atoms with Gasteiger partial charge in [-0.05, 0) is 81.1 Å². The normalized spacial score (nSPS) is 12.3. The standard InChI is InChI=1S/C33H36N8O12S4.2H3N/c1-5-51-56(47,48)24-14-21-15-27(57(49,50)52-6-2)30(41-40-22-11-9-12-23(17-22)54(34,43)44)31(42)29(21)25(18-24)36-32-37-28(38-33(39-32)53-19(3)4)16-20-10-7-8-13-26(20)55(35,45)46;;/h7-15,17-19,42H,5-6,16H2,1-4H3,(H2,34,43,44)(H2,35,45,46)(H,36,37,38,39);2*1H3. The lowest BCUT2D eigenvalue weighted by molar-refractivity contribution is 0.221. The van der Waals surface area contributed by atoms with Crippen LogP contribution in [0.3, 0.4) is 0 Å². The van der Waals surface area contributed by atoms with E-state index in [9.17, 15) is 38.8 Å². The van der Waals surface area contributed by atoms with E-state index in [0.717, 1.165) is 24.3 Å². The minimum atomic E-state index is -4.72. The largest absolute Gasteiger partial charge is 0.505 e. The van der Waals surface area contributed by atoms with Crippen LogP contribution in [0.4, 0.5) is 23.0 Å². The maximum atomic E-state index is 13.4. The Bertz CT molecular complexity index is 2840. The van der Waals surface area contributed by atoms with Gasteiger partial charge in [-0.15, -0.1) is 5.11 Å². The van der Waals surface area contributed by atoms with Gasteiger partial charge in [0.15, 0.2) is 5.75 Å². The molecule has 0 amide bonds. The molecule has 22 nitrogen and oxygen atoms in total. The molecule has 1 heterocycles. The summed E-state index contributed by atoms with van der Waals surface area (Å²) in [6, 6.07) is 13.6. The molecule has 0 fully saturated rings. The number of aromatic hydroxyl groups is 1. The third-order valence-electron chi connectivity index (χ3n) is 7.52. The zero-order chi connectivity index (χ0) is 41.9. The number of fused-ring (bicyclic) bond motifs is 1. The van der Waals surface area contributed by atoms with Crippen LogP contribution in [0.5, 0.6) is 11.8 Å². The van der Waals surface area contributed by atoms with Crippen molar-refractivity contribution in [3.63, 3.8) is 0 Å². The van der Waals surface area contributed by atoms with Crippen LogP contribution in [0.1, 0.15) is 39.1 Å². The number of benzene rings is 4. The molecule has 0 saturated heterocycles. The monoisotopic (exact) mass is 898 g/mol. The number of nitrogens with one attached hydrogen (secondary N) is 1. The molecular weight excluding hydrogens is 857 g/mol. The summed E-state index contributed by atoms with van der Waals surface area (Å²) in [4.78, 5) is 11.2. The van der Waals surface area contributed by atoms with Crippen molar-refractivity contribution in [1.29, 1.82) is 0 Å². The second-order valence-corrected chi connectivity index (χ2v) is 18.4. The smallest absolute Gasteiger partial charge is 0.321 e. The number of hydrogen-bond acceptors (Lipinski definition) is 20. The summed E-state index contributed by atoms with van der Waals surface area (Å²) in [7, 11) is -17.6. The van der Waals surface area contributed by atoms with Crippen LogP contribution in [0, 0.1) is 0 Å². The minimum absolute atomic E-state index is 0. The number of ether oxygens (including phenoxy) is 1. The van der Waals surface area contributed by atoms with Gasteiger partial charge in [0.05, 0.1) is 45.4 Å². The number of nitrogens with two attached hydrogens (primary N) is 2. The number of nitrogens with zero attached hydrogens (tertiary/aromatic N) is 5. The maximum Gasteiger partial charge on any atom is 0.321 e. The van der Waals surface area contributed by atoms with Gasteiger partial charge in [0.25, 0.3) is 20.2 Å². The molecule has 0 spiro atoms. The quantitative estimate of drug-likeness (QED) is 0.0592. The highest BCUT2D eigenvalue weighted by atomic mass is 32.2. The fraction of sp³-hybridized carbons (Fsp3) is 0.242. The Kier molecular flexibility index (Phi) is 15.3. The SMILES string of the molecule is CCOS(=O)(=O)c1cc(Nc2nc(Cc3ccccc3S(N)(=O)=O)nc(OC(C)C)n2)c2c(O)c(N=Nc3cccc(S(N)(=O)=O)c3)c(S(=O)(=O)OCC)cc2c1.N.N. The van der Waals surface area contributed by atoms with Gasteiger partial charge < -0.3 is 27.5 Å². The van der Waals surface area contributed by atoms with Crippen molar-refractivity contribution in [1.82, 2.24) is 27.3 Å². The molecule has 5 rings (SSSR count). The molecule has 0 aliphatic rings. The van der Waals surface area contributed by atoms with Crippen LogP contribution in [0.25, 0.3) is 10.8 Å². The summed E-state index contributed by atoms with van der Waals surface area (Å²) in [5.41, 5.74) is -0.779. The van der Waals surface area contributed by atoms with E-state index in [1.165, 1.54) is 50.2 Å². The summed E-state index contributed by atoms with van der Waals surface area (Å²) in [5.74, 6) is -1.16. The second kappa shape index (κ2) is 18.7. The molecule has 26 heteroatoms. The summed E-state index contributed by atoms with van der Waals surface area (Å²) in [6.45, 7) is 5.59. The van der Waals surface area contributed by atoms with E-state index >= 15 is 0 Å². The highest BCUT2D eigenvalue weighted by Crippen LogP contribution is 2.46. The molecule has 0 aliphatic heterocycles. The molecule has 0 radical (unpaired) electrons. The van der Waals surface area contributed by atoms with E-state index in [1.807, 2.05) is 0 Å². The average Bonchev–Trinajstić information content (AvgIpc) is 3.10. The molecule has 0 aliphatic carbocycles. The Morgan fingerprint density at radius 3 is 2.03 bits per heavy atom. The van der Waals surface area contributed by atoms with E-state index < -0.39 is 67.6 Å². The summed E-state index contributed by atoms with van der Waals surface area (Å²) >= 11 is 0. The number of phenolic OH excluding ortho intramolecular Hbond substituents is 1. The van der Waals surface area contributed by atoms with Gasteiger partial charge in [-0.3, -0.25) is 8.37 Å². The molecule has 0 saturated carbocycles. The molecule has 1 aromatic heterocycles. The Balaban J connectivity index is 0.00000465. The zero-order valence-corrected chi connectivity index (χ0v) is 35.2. The fourth-order valence-electron chi connectivity index (χ4n) is 5.28. The van der Waals surface area contributed by atoms with Crippen molar-refractivity contribution in [3.8, 4) is 11.8 Å². The van der Waals surface area contributed by atoms with Gasteiger partial charge in [-0.1, -0.05) is 24.3 Å². The van der Waals surface area contributed by atoms with E-state index in [0.29, 0.717) is 0 Å². The third-order valence-corrected chi connectivity index (χ3v) is 12.2. The first kappa shape index (κ1) is 48.1. The van der Waals surface area contributed by atoms with Crippen molar-refractivity contribution >= 4 is 74.1 Å². The third kappa shape index (κ3) is 11.5. The number of rotatable bonds is 16. The predicted molar refractivity (Wildman–Crippen MR) is 215 cm³/mol. The van der Waals surface area contributed by atoms with Crippen LogP contribution in [0.15, 0.2) is 96.5 Å². The topological polar surface area (TPSA) is 382 Å².